The molecule has 3 rings (SSSR count). The number of anilines is 1. The van der Waals surface area contributed by atoms with Crippen molar-refractivity contribution in [1.82, 2.24) is 19.7 Å². The highest BCUT2D eigenvalue weighted by atomic mass is 32.2. The van der Waals surface area contributed by atoms with Crippen molar-refractivity contribution in [3.8, 4) is 0 Å². The van der Waals surface area contributed by atoms with Crippen LogP contribution in [0.1, 0.15) is 24.4 Å². The maximum atomic E-state index is 11.3. The summed E-state index contributed by atoms with van der Waals surface area (Å²) < 4.78 is 6.70. The van der Waals surface area contributed by atoms with Gasteiger partial charge in [-0.15, -0.1) is 0 Å². The highest BCUT2D eigenvalue weighted by Crippen LogP contribution is 2.26. The van der Waals surface area contributed by atoms with Crippen LogP contribution in [0.3, 0.4) is 0 Å². The average molecular weight is 347 g/mol. The van der Waals surface area contributed by atoms with Crippen LogP contribution in [0.2, 0.25) is 0 Å². The Balaban J connectivity index is 1.68. The first kappa shape index (κ1) is 16.8. The van der Waals surface area contributed by atoms with Crippen molar-refractivity contribution in [3.05, 3.63) is 30.4 Å². The molecule has 8 heteroatoms. The fourth-order valence-corrected chi connectivity index (χ4v) is 3.44. The first-order chi connectivity index (χ1) is 11.7. The number of nitrogens with zero attached hydrogens (tertiary/aromatic N) is 5. The molecule has 0 aromatic carbocycles. The van der Waals surface area contributed by atoms with E-state index in [1.807, 2.05) is 10.9 Å². The summed E-state index contributed by atoms with van der Waals surface area (Å²) in [6.07, 6.45) is 9.63. The van der Waals surface area contributed by atoms with Gasteiger partial charge < -0.3 is 9.64 Å². The van der Waals surface area contributed by atoms with Crippen LogP contribution in [0.5, 0.6) is 0 Å². The maximum Gasteiger partial charge on any atom is 0.316 e. The molecule has 0 spiro atoms. The number of piperidine rings is 1. The normalized spacial score (nSPS) is 17.8. The Morgan fingerprint density at radius 1 is 1.42 bits per heavy atom. The molecule has 1 fully saturated rings. The Morgan fingerprint density at radius 2 is 2.29 bits per heavy atom. The number of aromatic nitrogens is 4. The monoisotopic (exact) mass is 347 g/mol. The second kappa shape index (κ2) is 7.65. The lowest BCUT2D eigenvalue weighted by Gasteiger charge is -2.33. The van der Waals surface area contributed by atoms with E-state index in [4.69, 9.17) is 0 Å². The standard InChI is InChI=1S/C16H21N5O2S/c1-12-6-18-21(9-12)13-4-3-5-20(10-13)14-7-17-8-15(19-14)24-11-16(22)23-2/h6-9,13H,3-5,10-11H2,1-2H3. The average Bonchev–Trinajstić information content (AvgIpc) is 3.06. The van der Waals surface area contributed by atoms with Gasteiger partial charge in [-0.3, -0.25) is 14.5 Å². The largest absolute Gasteiger partial charge is 0.468 e. The Labute approximate surface area is 145 Å². The fraction of sp³-hybridized carbons (Fsp3) is 0.500. The summed E-state index contributed by atoms with van der Waals surface area (Å²) in [5.74, 6) is 0.821. The molecule has 0 amide bonds. The molecule has 1 atom stereocenters. The summed E-state index contributed by atoms with van der Waals surface area (Å²) in [4.78, 5) is 22.4. The number of hydrogen-bond acceptors (Lipinski definition) is 7. The van der Waals surface area contributed by atoms with Crippen LogP contribution in [0.25, 0.3) is 0 Å². The van der Waals surface area contributed by atoms with E-state index in [0.29, 0.717) is 6.04 Å². The molecule has 0 aliphatic carbocycles. The summed E-state index contributed by atoms with van der Waals surface area (Å²) in [5, 5.41) is 5.17. The van der Waals surface area contributed by atoms with E-state index >= 15 is 0 Å². The van der Waals surface area contributed by atoms with Crippen molar-refractivity contribution in [2.24, 2.45) is 0 Å². The Bertz CT molecular complexity index is 705. The third-order valence-electron chi connectivity index (χ3n) is 3.99. The van der Waals surface area contributed by atoms with E-state index in [1.165, 1.54) is 24.4 Å². The topological polar surface area (TPSA) is 73.1 Å². The number of rotatable bonds is 5. The second-order valence-corrected chi connectivity index (χ2v) is 6.82. The van der Waals surface area contributed by atoms with Gasteiger partial charge in [0.25, 0.3) is 0 Å². The van der Waals surface area contributed by atoms with E-state index < -0.39 is 0 Å². The molecule has 1 unspecified atom stereocenters. The van der Waals surface area contributed by atoms with Crippen LogP contribution in [-0.4, -0.2) is 51.7 Å². The molecular weight excluding hydrogens is 326 g/mol. The molecule has 0 bridgehead atoms. The SMILES string of the molecule is COC(=O)CSc1cncc(N2CCCC(n3cc(C)cn3)C2)n1. The van der Waals surface area contributed by atoms with Crippen molar-refractivity contribution >= 4 is 23.5 Å². The number of hydrogen-bond donors (Lipinski definition) is 0. The smallest absolute Gasteiger partial charge is 0.316 e. The minimum absolute atomic E-state index is 0.240. The van der Waals surface area contributed by atoms with Gasteiger partial charge in [0.05, 0.1) is 37.5 Å². The van der Waals surface area contributed by atoms with Crippen molar-refractivity contribution in [2.45, 2.75) is 30.8 Å². The lowest BCUT2D eigenvalue weighted by atomic mass is 10.1. The van der Waals surface area contributed by atoms with Crippen molar-refractivity contribution < 1.29 is 9.53 Å². The van der Waals surface area contributed by atoms with Gasteiger partial charge in [0.1, 0.15) is 10.8 Å². The molecule has 1 aliphatic heterocycles. The molecule has 128 valence electrons. The van der Waals surface area contributed by atoms with Gasteiger partial charge in [0.2, 0.25) is 0 Å². The highest BCUT2D eigenvalue weighted by Gasteiger charge is 2.23. The van der Waals surface area contributed by atoms with E-state index in [9.17, 15) is 4.79 Å². The van der Waals surface area contributed by atoms with Crippen LogP contribution < -0.4 is 4.90 Å². The summed E-state index contributed by atoms with van der Waals surface area (Å²) >= 11 is 1.34. The number of carbonyl (C=O) groups excluding carboxylic acids is 1. The Hall–Kier alpha value is -2.09. The Morgan fingerprint density at radius 3 is 3.04 bits per heavy atom. The van der Waals surface area contributed by atoms with E-state index in [2.05, 4.69) is 37.8 Å². The quantitative estimate of drug-likeness (QED) is 0.605. The van der Waals surface area contributed by atoms with Crippen LogP contribution in [0.4, 0.5) is 5.82 Å². The minimum Gasteiger partial charge on any atom is -0.468 e. The van der Waals surface area contributed by atoms with Crippen molar-refractivity contribution in [1.29, 1.82) is 0 Å². The highest BCUT2D eigenvalue weighted by molar-refractivity contribution is 7.99. The molecule has 24 heavy (non-hydrogen) atoms. The van der Waals surface area contributed by atoms with Gasteiger partial charge in [-0.25, -0.2) is 4.98 Å². The zero-order valence-electron chi connectivity index (χ0n) is 13.9. The predicted octanol–water partition coefficient (Wildman–Crippen LogP) is 2.09. The lowest BCUT2D eigenvalue weighted by Crippen LogP contribution is -2.37. The number of thioether (sulfide) groups is 1. The minimum atomic E-state index is -0.265. The van der Waals surface area contributed by atoms with Crippen LogP contribution in [0.15, 0.2) is 29.8 Å². The third kappa shape index (κ3) is 4.05. The van der Waals surface area contributed by atoms with Gasteiger partial charge in [-0.2, -0.15) is 5.10 Å². The van der Waals surface area contributed by atoms with Gasteiger partial charge in [-0.1, -0.05) is 11.8 Å². The summed E-state index contributed by atoms with van der Waals surface area (Å²) in [7, 11) is 1.38. The molecule has 7 nitrogen and oxygen atoms in total. The molecule has 1 aliphatic rings. The molecular formula is C16H21N5O2S. The zero-order chi connectivity index (χ0) is 16.9. The second-order valence-electron chi connectivity index (χ2n) is 5.82. The summed E-state index contributed by atoms with van der Waals surface area (Å²) in [6.45, 7) is 3.87. The van der Waals surface area contributed by atoms with Crippen LogP contribution in [-0.2, 0) is 9.53 Å². The molecule has 1 saturated heterocycles. The Kier molecular flexibility index (Phi) is 5.34. The first-order valence-corrected chi connectivity index (χ1v) is 8.91. The fourth-order valence-electron chi connectivity index (χ4n) is 2.76. The van der Waals surface area contributed by atoms with Gasteiger partial charge in [0, 0.05) is 19.3 Å². The van der Waals surface area contributed by atoms with E-state index in [0.717, 1.165) is 36.8 Å². The van der Waals surface area contributed by atoms with E-state index in [-0.39, 0.29) is 11.7 Å². The molecule has 2 aromatic rings. The molecule has 0 N–H and O–H groups in total. The van der Waals surface area contributed by atoms with Gasteiger partial charge in [0.15, 0.2) is 0 Å². The predicted molar refractivity (Wildman–Crippen MR) is 92.2 cm³/mol. The first-order valence-electron chi connectivity index (χ1n) is 7.93. The number of ether oxygens (including phenoxy) is 1. The maximum absolute atomic E-state index is 11.3. The van der Waals surface area contributed by atoms with Crippen LogP contribution in [0, 0.1) is 6.92 Å². The number of esters is 1. The lowest BCUT2D eigenvalue weighted by molar-refractivity contribution is -0.137. The van der Waals surface area contributed by atoms with Gasteiger partial charge >= 0.3 is 5.97 Å². The van der Waals surface area contributed by atoms with E-state index in [1.54, 1.807) is 12.4 Å². The number of aryl methyl sites for hydroxylation is 1. The molecule has 3 heterocycles. The summed E-state index contributed by atoms with van der Waals surface area (Å²) in [6, 6.07) is 0.348. The zero-order valence-corrected chi connectivity index (χ0v) is 14.7. The number of carbonyl (C=O) groups is 1. The van der Waals surface area contributed by atoms with Crippen molar-refractivity contribution in [3.63, 3.8) is 0 Å². The molecule has 0 saturated carbocycles. The van der Waals surface area contributed by atoms with Gasteiger partial charge in [-0.05, 0) is 25.3 Å². The molecule has 0 radical (unpaired) electrons. The van der Waals surface area contributed by atoms with Crippen molar-refractivity contribution in [2.75, 3.05) is 30.9 Å². The molecule has 2 aromatic heterocycles. The van der Waals surface area contributed by atoms with Crippen LogP contribution >= 0.6 is 11.8 Å². The third-order valence-corrected chi connectivity index (χ3v) is 4.86. The summed E-state index contributed by atoms with van der Waals surface area (Å²) in [5.41, 5.74) is 1.17. The number of methoxy groups -OCH3 is 1.